The Bertz CT molecular complexity index is 470. The maximum atomic E-state index is 12.4. The first-order valence-electron chi connectivity index (χ1n) is 7.67. The molecule has 0 saturated carbocycles. The maximum absolute atomic E-state index is 12.4. The zero-order valence-electron chi connectivity index (χ0n) is 13.1. The molecule has 2 rings (SSSR count). The molecule has 0 bridgehead atoms. The van der Waals surface area contributed by atoms with Gasteiger partial charge in [-0.25, -0.2) is 4.98 Å². The molecule has 1 atom stereocenters. The summed E-state index contributed by atoms with van der Waals surface area (Å²) >= 11 is 0. The molecule has 0 aromatic carbocycles. The van der Waals surface area contributed by atoms with Crippen LogP contribution < -0.4 is 5.32 Å². The Morgan fingerprint density at radius 3 is 2.95 bits per heavy atom. The molecule has 0 spiro atoms. The number of amides is 1. The molecule has 5 nitrogen and oxygen atoms in total. The van der Waals surface area contributed by atoms with Gasteiger partial charge in [0.2, 0.25) is 0 Å². The predicted octanol–water partition coefficient (Wildman–Crippen LogP) is 2.54. The highest BCUT2D eigenvalue weighted by molar-refractivity contribution is 5.92. The highest BCUT2D eigenvalue weighted by Crippen LogP contribution is 2.15. The number of aromatic nitrogens is 1. The van der Waals surface area contributed by atoms with Crippen LogP contribution in [0.1, 0.15) is 43.6 Å². The van der Waals surface area contributed by atoms with Crippen LogP contribution in [0.4, 0.5) is 5.82 Å². The van der Waals surface area contributed by atoms with E-state index in [4.69, 9.17) is 4.74 Å². The Hall–Kier alpha value is -1.62. The van der Waals surface area contributed by atoms with Crippen molar-refractivity contribution in [2.24, 2.45) is 0 Å². The minimum absolute atomic E-state index is 0.0587. The predicted molar refractivity (Wildman–Crippen MR) is 83.5 cm³/mol. The monoisotopic (exact) mass is 291 g/mol. The summed E-state index contributed by atoms with van der Waals surface area (Å²) in [5.41, 5.74) is 0.471. The maximum Gasteiger partial charge on any atom is 0.272 e. The van der Waals surface area contributed by atoms with Crippen LogP contribution in [-0.4, -0.2) is 48.1 Å². The number of hydrogen-bond donors (Lipinski definition) is 1. The Labute approximate surface area is 126 Å². The highest BCUT2D eigenvalue weighted by Gasteiger charge is 2.20. The van der Waals surface area contributed by atoms with Gasteiger partial charge in [-0.2, -0.15) is 0 Å². The van der Waals surface area contributed by atoms with Crippen LogP contribution >= 0.6 is 0 Å². The summed E-state index contributed by atoms with van der Waals surface area (Å²) in [7, 11) is 1.81. The first-order valence-corrected chi connectivity index (χ1v) is 7.67. The van der Waals surface area contributed by atoms with Crippen molar-refractivity contribution in [2.45, 2.75) is 45.3 Å². The normalized spacial score (nSPS) is 18.6. The lowest BCUT2D eigenvalue weighted by atomic mass is 10.1. The van der Waals surface area contributed by atoms with Gasteiger partial charge in [0.15, 0.2) is 0 Å². The number of nitrogens with one attached hydrogen (secondary N) is 1. The lowest BCUT2D eigenvalue weighted by Crippen LogP contribution is -2.37. The Kier molecular flexibility index (Phi) is 5.56. The van der Waals surface area contributed by atoms with E-state index < -0.39 is 0 Å². The molecule has 1 aromatic rings. The van der Waals surface area contributed by atoms with E-state index in [1.54, 1.807) is 11.0 Å². The number of rotatable bonds is 5. The molecule has 1 saturated heterocycles. The van der Waals surface area contributed by atoms with Gasteiger partial charge in [-0.15, -0.1) is 0 Å². The molecule has 0 radical (unpaired) electrons. The molecule has 1 aromatic heterocycles. The van der Waals surface area contributed by atoms with Gasteiger partial charge in [0.1, 0.15) is 11.5 Å². The Balaban J connectivity index is 1.97. The van der Waals surface area contributed by atoms with E-state index in [0.29, 0.717) is 12.2 Å². The summed E-state index contributed by atoms with van der Waals surface area (Å²) in [5.74, 6) is 0.676. The van der Waals surface area contributed by atoms with E-state index in [0.717, 1.165) is 25.3 Å². The van der Waals surface area contributed by atoms with Crippen LogP contribution in [0, 0.1) is 0 Å². The molecular formula is C16H25N3O2. The van der Waals surface area contributed by atoms with Crippen molar-refractivity contribution in [3.63, 3.8) is 0 Å². The molecule has 2 heterocycles. The number of carbonyl (C=O) groups is 1. The molecule has 5 heteroatoms. The smallest absolute Gasteiger partial charge is 0.272 e. The van der Waals surface area contributed by atoms with Gasteiger partial charge in [0.25, 0.3) is 5.91 Å². The van der Waals surface area contributed by atoms with Crippen molar-refractivity contribution >= 4 is 11.7 Å². The molecule has 1 unspecified atom stereocenters. The van der Waals surface area contributed by atoms with Gasteiger partial charge < -0.3 is 15.0 Å². The fraction of sp³-hybridized carbons (Fsp3) is 0.625. The van der Waals surface area contributed by atoms with E-state index >= 15 is 0 Å². The third-order valence-electron chi connectivity index (χ3n) is 3.50. The second kappa shape index (κ2) is 7.41. The second-order valence-electron chi connectivity index (χ2n) is 5.88. The van der Waals surface area contributed by atoms with Crippen LogP contribution in [0.15, 0.2) is 18.2 Å². The third-order valence-corrected chi connectivity index (χ3v) is 3.50. The summed E-state index contributed by atoms with van der Waals surface area (Å²) in [6, 6.07) is 5.78. The number of pyridine rings is 1. The molecule has 1 N–H and O–H groups in total. The average Bonchev–Trinajstić information content (AvgIpc) is 2.47. The number of likely N-dealkylation sites (N-methyl/N-ethyl adjacent to an activating group) is 1. The zero-order valence-corrected chi connectivity index (χ0v) is 13.1. The topological polar surface area (TPSA) is 54.5 Å². The van der Waals surface area contributed by atoms with Gasteiger partial charge in [-0.1, -0.05) is 6.07 Å². The third kappa shape index (κ3) is 4.70. The van der Waals surface area contributed by atoms with Gasteiger partial charge >= 0.3 is 0 Å². The van der Waals surface area contributed by atoms with Crippen LogP contribution in [0.25, 0.3) is 0 Å². The van der Waals surface area contributed by atoms with E-state index in [-0.39, 0.29) is 18.1 Å². The van der Waals surface area contributed by atoms with Crippen LogP contribution in [-0.2, 0) is 4.74 Å². The minimum atomic E-state index is -0.0587. The molecular weight excluding hydrogens is 266 g/mol. The molecule has 1 aliphatic heterocycles. The van der Waals surface area contributed by atoms with Crippen LogP contribution in [0.5, 0.6) is 0 Å². The molecule has 1 aliphatic rings. The van der Waals surface area contributed by atoms with E-state index in [1.165, 1.54) is 6.42 Å². The lowest BCUT2D eigenvalue weighted by molar-refractivity contribution is -0.000286. The summed E-state index contributed by atoms with van der Waals surface area (Å²) in [4.78, 5) is 18.5. The summed E-state index contributed by atoms with van der Waals surface area (Å²) in [5, 5.41) is 3.21. The van der Waals surface area contributed by atoms with Gasteiger partial charge in [-0.05, 0) is 45.2 Å². The first-order chi connectivity index (χ1) is 10.1. The minimum Gasteiger partial charge on any atom is -0.376 e. The number of ether oxygens (including phenoxy) is 1. The number of carbonyl (C=O) groups excluding carboxylic acids is 1. The van der Waals surface area contributed by atoms with Gasteiger partial charge in [0, 0.05) is 26.2 Å². The van der Waals surface area contributed by atoms with Crippen LogP contribution in [0.2, 0.25) is 0 Å². The van der Waals surface area contributed by atoms with Gasteiger partial charge in [-0.3, -0.25) is 4.79 Å². The fourth-order valence-electron chi connectivity index (χ4n) is 2.47. The van der Waals surface area contributed by atoms with Crippen molar-refractivity contribution < 1.29 is 9.53 Å². The van der Waals surface area contributed by atoms with Crippen molar-refractivity contribution in [3.8, 4) is 0 Å². The van der Waals surface area contributed by atoms with Gasteiger partial charge in [0.05, 0.1) is 6.10 Å². The van der Waals surface area contributed by atoms with Crippen molar-refractivity contribution in [1.82, 2.24) is 9.88 Å². The number of nitrogens with zero attached hydrogens (tertiary/aromatic N) is 2. The highest BCUT2D eigenvalue weighted by atomic mass is 16.5. The Morgan fingerprint density at radius 2 is 2.29 bits per heavy atom. The first kappa shape index (κ1) is 15.8. The van der Waals surface area contributed by atoms with E-state index in [1.807, 2.05) is 33.0 Å². The molecule has 0 aliphatic carbocycles. The van der Waals surface area contributed by atoms with E-state index in [2.05, 4.69) is 10.3 Å². The lowest BCUT2D eigenvalue weighted by Gasteiger charge is -2.27. The average molecular weight is 291 g/mol. The SMILES string of the molecule is CC(C)Nc1cccc(C(=O)N(C)CC2CCCCO2)n1. The van der Waals surface area contributed by atoms with Crippen molar-refractivity contribution in [3.05, 3.63) is 23.9 Å². The molecule has 1 fully saturated rings. The zero-order chi connectivity index (χ0) is 15.2. The molecule has 1 amide bonds. The summed E-state index contributed by atoms with van der Waals surface area (Å²) in [6.45, 7) is 5.52. The summed E-state index contributed by atoms with van der Waals surface area (Å²) < 4.78 is 5.68. The largest absolute Gasteiger partial charge is 0.376 e. The standard InChI is InChI=1S/C16H25N3O2/c1-12(2)17-15-9-6-8-14(18-15)16(20)19(3)11-13-7-4-5-10-21-13/h6,8-9,12-13H,4-5,7,10-11H2,1-3H3,(H,17,18). The molecule has 21 heavy (non-hydrogen) atoms. The number of hydrogen-bond acceptors (Lipinski definition) is 4. The Morgan fingerprint density at radius 1 is 1.48 bits per heavy atom. The van der Waals surface area contributed by atoms with Crippen LogP contribution in [0.3, 0.4) is 0 Å². The fourth-order valence-corrected chi connectivity index (χ4v) is 2.47. The summed E-state index contributed by atoms with van der Waals surface area (Å²) in [6.07, 6.45) is 3.49. The number of anilines is 1. The van der Waals surface area contributed by atoms with Crippen molar-refractivity contribution in [2.75, 3.05) is 25.5 Å². The van der Waals surface area contributed by atoms with Crippen molar-refractivity contribution in [1.29, 1.82) is 0 Å². The van der Waals surface area contributed by atoms with E-state index in [9.17, 15) is 4.79 Å². The quantitative estimate of drug-likeness (QED) is 0.906. The molecule has 116 valence electrons. The second-order valence-corrected chi connectivity index (χ2v) is 5.88.